The van der Waals surface area contributed by atoms with Crippen LogP contribution in [0.1, 0.15) is 45.7 Å². The fourth-order valence-electron chi connectivity index (χ4n) is 6.17. The number of amides is 4. The quantitative estimate of drug-likeness (QED) is 0.225. The number of nitrogens with one attached hydrogen (secondary N) is 2. The van der Waals surface area contributed by atoms with Gasteiger partial charge in [-0.25, -0.2) is 9.69 Å². The van der Waals surface area contributed by atoms with Crippen LogP contribution in [0.2, 0.25) is 0 Å². The molecule has 1 fully saturated rings. The molecule has 0 radical (unpaired) electrons. The van der Waals surface area contributed by atoms with Crippen molar-refractivity contribution in [2.24, 2.45) is 0 Å². The van der Waals surface area contributed by atoms with Crippen LogP contribution in [0.25, 0.3) is 10.9 Å². The van der Waals surface area contributed by atoms with E-state index >= 15 is 0 Å². The van der Waals surface area contributed by atoms with Crippen molar-refractivity contribution in [1.82, 2.24) is 9.88 Å². The number of fused-ring (bicyclic) bond motifs is 4. The van der Waals surface area contributed by atoms with E-state index in [0.29, 0.717) is 30.0 Å². The van der Waals surface area contributed by atoms with Gasteiger partial charge in [0.05, 0.1) is 12.3 Å². The van der Waals surface area contributed by atoms with Gasteiger partial charge in [0.1, 0.15) is 17.8 Å². The zero-order valence-electron chi connectivity index (χ0n) is 23.8. The fraction of sp³-hybridized carbons (Fsp3) is 0.171. The molecule has 8 nitrogen and oxygen atoms in total. The predicted octanol–water partition coefficient (Wildman–Crippen LogP) is 6.61. The molecule has 2 atom stereocenters. The van der Waals surface area contributed by atoms with Gasteiger partial charge in [-0.3, -0.25) is 14.5 Å². The largest absolute Gasteiger partial charge is 0.494 e. The van der Waals surface area contributed by atoms with Crippen molar-refractivity contribution in [3.05, 3.63) is 125 Å². The van der Waals surface area contributed by atoms with Gasteiger partial charge in [0.15, 0.2) is 0 Å². The van der Waals surface area contributed by atoms with Crippen LogP contribution in [-0.4, -0.2) is 40.4 Å². The molecular weight excluding hydrogens is 540 g/mol. The molecule has 4 amide bonds. The molecule has 2 N–H and O–H groups in total. The molecular formula is C35H30N4O4. The summed E-state index contributed by atoms with van der Waals surface area (Å²) in [6.07, 6.45) is 0.422. The topological polar surface area (TPSA) is 94.7 Å². The van der Waals surface area contributed by atoms with Crippen molar-refractivity contribution >= 4 is 40.1 Å². The molecule has 43 heavy (non-hydrogen) atoms. The monoisotopic (exact) mass is 570 g/mol. The third-order valence-corrected chi connectivity index (χ3v) is 8.25. The summed E-state index contributed by atoms with van der Waals surface area (Å²) >= 11 is 0. The number of aromatic amines is 1. The number of anilines is 2. The van der Waals surface area contributed by atoms with Crippen molar-refractivity contribution in [3.8, 4) is 5.75 Å². The number of rotatable bonds is 6. The van der Waals surface area contributed by atoms with Crippen molar-refractivity contribution in [2.45, 2.75) is 32.4 Å². The minimum absolute atomic E-state index is 0.273. The number of benzene rings is 4. The van der Waals surface area contributed by atoms with Gasteiger partial charge in [0.25, 0.3) is 11.8 Å². The lowest BCUT2D eigenvalue weighted by molar-refractivity contribution is -0.120. The highest BCUT2D eigenvalue weighted by Crippen LogP contribution is 2.44. The molecule has 7 rings (SSSR count). The van der Waals surface area contributed by atoms with Gasteiger partial charge in [-0.05, 0) is 79.6 Å². The van der Waals surface area contributed by atoms with Gasteiger partial charge in [-0.1, -0.05) is 48.0 Å². The predicted molar refractivity (Wildman–Crippen MR) is 166 cm³/mol. The Labute approximate surface area is 248 Å². The normalized spacial score (nSPS) is 17.6. The fourth-order valence-corrected chi connectivity index (χ4v) is 6.17. The average molecular weight is 571 g/mol. The highest BCUT2D eigenvalue weighted by Gasteiger charge is 2.53. The Morgan fingerprint density at radius 1 is 0.930 bits per heavy atom. The first-order valence-corrected chi connectivity index (χ1v) is 14.4. The van der Waals surface area contributed by atoms with E-state index in [4.69, 9.17) is 4.74 Å². The molecule has 0 aliphatic carbocycles. The van der Waals surface area contributed by atoms with E-state index in [2.05, 4.69) is 16.4 Å². The van der Waals surface area contributed by atoms with Crippen LogP contribution in [0.3, 0.4) is 0 Å². The van der Waals surface area contributed by atoms with Crippen molar-refractivity contribution < 1.29 is 19.1 Å². The van der Waals surface area contributed by atoms with Crippen LogP contribution < -0.4 is 15.0 Å². The summed E-state index contributed by atoms with van der Waals surface area (Å²) in [7, 11) is 0. The summed E-state index contributed by atoms with van der Waals surface area (Å²) in [5.74, 6) is 0.160. The number of aryl methyl sites for hydroxylation is 1. The maximum absolute atomic E-state index is 14.1. The Morgan fingerprint density at radius 3 is 2.37 bits per heavy atom. The molecule has 214 valence electrons. The van der Waals surface area contributed by atoms with E-state index < -0.39 is 12.1 Å². The van der Waals surface area contributed by atoms with Gasteiger partial charge in [0.2, 0.25) is 0 Å². The second kappa shape index (κ2) is 10.5. The number of para-hydroxylation sites is 1. The van der Waals surface area contributed by atoms with Crippen molar-refractivity contribution in [3.63, 3.8) is 0 Å². The van der Waals surface area contributed by atoms with Crippen molar-refractivity contribution in [2.75, 3.05) is 16.8 Å². The number of imide groups is 1. The summed E-state index contributed by atoms with van der Waals surface area (Å²) < 4.78 is 5.46. The number of hydrogen-bond acceptors (Lipinski definition) is 4. The van der Waals surface area contributed by atoms with Crippen molar-refractivity contribution in [1.29, 1.82) is 0 Å². The third kappa shape index (κ3) is 4.52. The standard InChI is InChI=1S/C35H30N4O4/c1-3-43-26-18-14-24(15-19-26)36-33(40)23-12-16-25(17-13-23)38-34(41)30-20-28-27-6-4-5-7-29(27)37-31(28)32(39(30)35(38)42)22-10-8-21(2)9-11-22/h4-19,30,32,37H,3,20H2,1-2H3,(H,36,40). The van der Waals surface area contributed by atoms with Gasteiger partial charge >= 0.3 is 6.03 Å². The molecule has 8 heteroatoms. The molecule has 2 unspecified atom stereocenters. The van der Waals surface area contributed by atoms with E-state index in [1.54, 1.807) is 53.4 Å². The Balaban J connectivity index is 1.18. The van der Waals surface area contributed by atoms with E-state index in [-0.39, 0.29) is 17.8 Å². The zero-order valence-corrected chi connectivity index (χ0v) is 23.8. The van der Waals surface area contributed by atoms with Crippen LogP contribution in [0, 0.1) is 6.92 Å². The van der Waals surface area contributed by atoms with Gasteiger partial charge in [0, 0.05) is 34.3 Å². The second-order valence-electron chi connectivity index (χ2n) is 10.9. The average Bonchev–Trinajstić information content (AvgIpc) is 3.52. The minimum atomic E-state index is -0.645. The number of nitrogens with zero attached hydrogens (tertiary/aromatic N) is 2. The van der Waals surface area contributed by atoms with Crippen LogP contribution in [-0.2, 0) is 11.2 Å². The number of urea groups is 1. The van der Waals surface area contributed by atoms with Gasteiger partial charge in [-0.15, -0.1) is 0 Å². The molecule has 1 aromatic heterocycles. The molecule has 0 spiro atoms. The number of hydrogen-bond donors (Lipinski definition) is 2. The van der Waals surface area contributed by atoms with Crippen LogP contribution in [0.4, 0.5) is 16.2 Å². The molecule has 1 saturated heterocycles. The molecule has 2 aliphatic heterocycles. The van der Waals surface area contributed by atoms with Gasteiger partial charge in [-0.2, -0.15) is 0 Å². The number of H-pyrrole nitrogens is 1. The highest BCUT2D eigenvalue weighted by atomic mass is 16.5. The Morgan fingerprint density at radius 2 is 1.65 bits per heavy atom. The first-order valence-electron chi connectivity index (χ1n) is 14.4. The second-order valence-corrected chi connectivity index (χ2v) is 10.9. The lowest BCUT2D eigenvalue weighted by Gasteiger charge is -2.36. The van der Waals surface area contributed by atoms with Gasteiger partial charge < -0.3 is 15.0 Å². The lowest BCUT2D eigenvalue weighted by atomic mass is 9.88. The number of ether oxygens (including phenoxy) is 1. The molecule has 0 saturated carbocycles. The molecule has 4 aromatic carbocycles. The third-order valence-electron chi connectivity index (χ3n) is 8.25. The maximum atomic E-state index is 14.1. The first-order chi connectivity index (χ1) is 20.9. The van der Waals surface area contributed by atoms with Crippen LogP contribution in [0.15, 0.2) is 97.1 Å². The van der Waals surface area contributed by atoms with E-state index in [1.807, 2.05) is 56.3 Å². The maximum Gasteiger partial charge on any atom is 0.332 e. The summed E-state index contributed by atoms with van der Waals surface area (Å²) in [5.41, 5.74) is 6.51. The summed E-state index contributed by atoms with van der Waals surface area (Å²) in [4.78, 5) is 47.5. The van der Waals surface area contributed by atoms with Crippen LogP contribution in [0.5, 0.6) is 5.75 Å². The van der Waals surface area contributed by atoms with Crippen LogP contribution >= 0.6 is 0 Å². The zero-order chi connectivity index (χ0) is 29.7. The highest BCUT2D eigenvalue weighted by molar-refractivity contribution is 6.22. The van der Waals surface area contributed by atoms with E-state index in [9.17, 15) is 14.4 Å². The molecule has 3 heterocycles. The molecule has 0 bridgehead atoms. The number of carbonyl (C=O) groups is 3. The smallest absolute Gasteiger partial charge is 0.332 e. The summed E-state index contributed by atoms with van der Waals surface area (Å²) in [5, 5.41) is 3.94. The minimum Gasteiger partial charge on any atom is -0.494 e. The SMILES string of the molecule is CCOc1ccc(NC(=O)c2ccc(N3C(=O)C4Cc5c([nH]c6ccccc56)C(c5ccc(C)cc5)N4C3=O)cc2)cc1. The Hall–Kier alpha value is -5.37. The molecule has 5 aromatic rings. The summed E-state index contributed by atoms with van der Waals surface area (Å²) in [6.45, 7) is 4.50. The first kappa shape index (κ1) is 26.5. The number of carbonyl (C=O) groups excluding carboxylic acids is 3. The number of aromatic nitrogens is 1. The Kier molecular flexibility index (Phi) is 6.46. The summed E-state index contributed by atoms with van der Waals surface area (Å²) in [6, 6.07) is 28.4. The molecule has 2 aliphatic rings. The van der Waals surface area contributed by atoms with E-state index in [0.717, 1.165) is 39.0 Å². The van der Waals surface area contributed by atoms with E-state index in [1.165, 1.54) is 4.90 Å². The lowest BCUT2D eigenvalue weighted by Crippen LogP contribution is -2.44. The Bertz CT molecular complexity index is 1860.